The van der Waals surface area contributed by atoms with Crippen LogP contribution in [0.1, 0.15) is 33.5 Å². The number of hydrogen-bond donors (Lipinski definition) is 1. The summed E-state index contributed by atoms with van der Waals surface area (Å²) in [7, 11) is 0. The van der Waals surface area contributed by atoms with Gasteiger partial charge in [-0.25, -0.2) is 0 Å². The molecule has 3 heterocycles. The number of rotatable bonds is 4. The summed E-state index contributed by atoms with van der Waals surface area (Å²) in [6.45, 7) is 2.79. The van der Waals surface area contributed by atoms with Crippen molar-refractivity contribution in [2.75, 3.05) is 18.5 Å². The Bertz CT molecular complexity index is 1080. The molecule has 2 fully saturated rings. The van der Waals surface area contributed by atoms with Gasteiger partial charge < -0.3 is 10.1 Å². The largest absolute Gasteiger partial charge is 0.378 e. The van der Waals surface area contributed by atoms with E-state index in [1.807, 2.05) is 18.2 Å². The number of carbonyl (C=O) groups excluding carboxylic acids is 1. The van der Waals surface area contributed by atoms with Crippen LogP contribution in [0.3, 0.4) is 0 Å². The number of nitrogens with zero attached hydrogens (tertiary/aromatic N) is 1. The maximum atomic E-state index is 12.1. The highest BCUT2D eigenvalue weighted by Crippen LogP contribution is 2.36. The lowest BCUT2D eigenvalue weighted by Gasteiger charge is -2.52. The number of benzene rings is 3. The molecule has 0 aromatic heterocycles. The number of nitrogens with one attached hydrogen (secondary N) is 1. The summed E-state index contributed by atoms with van der Waals surface area (Å²) in [5.41, 5.74) is 5.65. The number of ether oxygens (including phenoxy) is 1. The third-order valence-corrected chi connectivity index (χ3v) is 6.51. The predicted molar refractivity (Wildman–Crippen MR) is 110 cm³/mol. The fourth-order valence-electron chi connectivity index (χ4n) is 4.97. The highest BCUT2D eigenvalue weighted by atomic mass is 16.5. The molecule has 3 aliphatic heterocycles. The monoisotopic (exact) mass is 370 g/mol. The van der Waals surface area contributed by atoms with Gasteiger partial charge in [0.2, 0.25) is 0 Å². The zero-order chi connectivity index (χ0) is 18.7. The third kappa shape index (κ3) is 2.49. The van der Waals surface area contributed by atoms with Crippen molar-refractivity contribution in [1.29, 1.82) is 0 Å². The van der Waals surface area contributed by atoms with Gasteiger partial charge in [-0.2, -0.15) is 0 Å². The van der Waals surface area contributed by atoms with Gasteiger partial charge in [-0.05, 0) is 47.1 Å². The number of fused-ring (bicyclic) bond motifs is 2. The molecule has 2 saturated heterocycles. The lowest BCUT2D eigenvalue weighted by molar-refractivity contribution is -0.131. The highest BCUT2D eigenvalue weighted by Gasteiger charge is 2.41. The first kappa shape index (κ1) is 16.3. The normalized spacial score (nSPS) is 22.9. The highest BCUT2D eigenvalue weighted by molar-refractivity contribution is 6.24. The van der Waals surface area contributed by atoms with E-state index in [0.717, 1.165) is 42.8 Å². The van der Waals surface area contributed by atoms with Crippen molar-refractivity contribution in [1.82, 2.24) is 4.90 Å². The summed E-state index contributed by atoms with van der Waals surface area (Å²) in [5, 5.41) is 5.20. The van der Waals surface area contributed by atoms with Crippen molar-refractivity contribution >= 4 is 22.4 Å². The molecule has 6 rings (SSSR count). The second-order valence-corrected chi connectivity index (χ2v) is 8.20. The van der Waals surface area contributed by atoms with Gasteiger partial charge in [-0.15, -0.1) is 0 Å². The standard InChI is InChI=1S/C24H22N2O2/c27-24-21-3-1-2-20-17(8-9-22(25-24)23(20)21)10-15-4-6-16(7-5-15)12-26-18-11-19(26)14-28-13-18/h1-9,18-19H,10-14H2,(H,25,27). The topological polar surface area (TPSA) is 41.6 Å². The van der Waals surface area contributed by atoms with Crippen molar-refractivity contribution in [3.05, 3.63) is 76.9 Å². The first-order valence-corrected chi connectivity index (χ1v) is 10.0. The Morgan fingerprint density at radius 3 is 2.54 bits per heavy atom. The first-order chi connectivity index (χ1) is 13.8. The van der Waals surface area contributed by atoms with E-state index in [2.05, 4.69) is 46.6 Å². The van der Waals surface area contributed by atoms with Crippen molar-refractivity contribution in [2.24, 2.45) is 0 Å². The van der Waals surface area contributed by atoms with Gasteiger partial charge in [0.15, 0.2) is 0 Å². The van der Waals surface area contributed by atoms with Crippen molar-refractivity contribution in [3.63, 3.8) is 0 Å². The number of carbonyl (C=O) groups is 1. The van der Waals surface area contributed by atoms with Gasteiger partial charge in [0, 0.05) is 35.3 Å². The Kier molecular flexibility index (Phi) is 3.58. The van der Waals surface area contributed by atoms with E-state index >= 15 is 0 Å². The van der Waals surface area contributed by atoms with Crippen molar-refractivity contribution < 1.29 is 9.53 Å². The molecule has 4 heteroatoms. The number of anilines is 1. The maximum absolute atomic E-state index is 12.1. The van der Waals surface area contributed by atoms with E-state index in [-0.39, 0.29) is 5.91 Å². The van der Waals surface area contributed by atoms with Gasteiger partial charge in [0.25, 0.3) is 5.91 Å². The molecule has 4 nitrogen and oxygen atoms in total. The van der Waals surface area contributed by atoms with E-state index in [0.29, 0.717) is 12.1 Å². The molecular formula is C24H22N2O2. The summed E-state index contributed by atoms with van der Waals surface area (Å²) in [4.78, 5) is 14.7. The quantitative estimate of drug-likeness (QED) is 0.756. The fourth-order valence-corrected chi connectivity index (χ4v) is 4.97. The van der Waals surface area contributed by atoms with Crippen LogP contribution in [0.2, 0.25) is 0 Å². The minimum atomic E-state index is 0.00302. The van der Waals surface area contributed by atoms with Crippen LogP contribution in [0.4, 0.5) is 5.69 Å². The van der Waals surface area contributed by atoms with Crippen molar-refractivity contribution in [2.45, 2.75) is 31.5 Å². The number of hydrogen-bond acceptors (Lipinski definition) is 3. The smallest absolute Gasteiger partial charge is 0.256 e. The summed E-state index contributed by atoms with van der Waals surface area (Å²) in [6, 6.07) is 20.4. The second-order valence-electron chi connectivity index (χ2n) is 8.20. The van der Waals surface area contributed by atoms with Crippen molar-refractivity contribution in [3.8, 4) is 0 Å². The molecule has 0 aliphatic carbocycles. The van der Waals surface area contributed by atoms with Crippen LogP contribution in [0, 0.1) is 0 Å². The number of morpholine rings is 1. The SMILES string of the molecule is O=C1Nc2ccc(Cc3ccc(CN4C5COCC4C5)cc3)c3cccc1c23. The van der Waals surface area contributed by atoms with Gasteiger partial charge in [-0.3, -0.25) is 9.69 Å². The average molecular weight is 370 g/mol. The van der Waals surface area contributed by atoms with Crippen LogP contribution < -0.4 is 5.32 Å². The molecule has 0 radical (unpaired) electrons. The lowest BCUT2D eigenvalue weighted by Crippen LogP contribution is -2.62. The van der Waals surface area contributed by atoms with Gasteiger partial charge in [0.1, 0.15) is 0 Å². The molecule has 3 aromatic rings. The zero-order valence-electron chi connectivity index (χ0n) is 15.7. The molecule has 1 N–H and O–H groups in total. The number of amides is 1. The molecule has 3 aromatic carbocycles. The van der Waals surface area contributed by atoms with Crippen LogP contribution in [-0.4, -0.2) is 36.1 Å². The molecular weight excluding hydrogens is 348 g/mol. The molecule has 1 amide bonds. The second kappa shape index (κ2) is 6.16. The van der Waals surface area contributed by atoms with E-state index in [4.69, 9.17) is 4.74 Å². The third-order valence-electron chi connectivity index (χ3n) is 6.51. The molecule has 140 valence electrons. The Morgan fingerprint density at radius 1 is 0.964 bits per heavy atom. The summed E-state index contributed by atoms with van der Waals surface area (Å²) in [5.74, 6) is 0.00302. The zero-order valence-corrected chi connectivity index (χ0v) is 15.7. The first-order valence-electron chi connectivity index (χ1n) is 10.0. The molecule has 0 spiro atoms. The molecule has 2 atom stereocenters. The summed E-state index contributed by atoms with van der Waals surface area (Å²) < 4.78 is 5.58. The van der Waals surface area contributed by atoms with E-state index in [1.54, 1.807) is 0 Å². The van der Waals surface area contributed by atoms with E-state index in [1.165, 1.54) is 28.5 Å². The molecule has 2 bridgehead atoms. The average Bonchev–Trinajstić information content (AvgIpc) is 3.07. The van der Waals surface area contributed by atoms with Gasteiger partial charge >= 0.3 is 0 Å². The van der Waals surface area contributed by atoms with E-state index in [9.17, 15) is 4.79 Å². The summed E-state index contributed by atoms with van der Waals surface area (Å²) in [6.07, 6.45) is 2.16. The minimum absolute atomic E-state index is 0.00302. The Balaban J connectivity index is 1.24. The molecule has 2 unspecified atom stereocenters. The Hall–Kier alpha value is -2.69. The van der Waals surface area contributed by atoms with Crippen LogP contribution in [0.25, 0.3) is 10.8 Å². The molecule has 0 saturated carbocycles. The van der Waals surface area contributed by atoms with E-state index < -0.39 is 0 Å². The molecule has 3 aliphatic rings. The van der Waals surface area contributed by atoms with Crippen LogP contribution >= 0.6 is 0 Å². The predicted octanol–water partition coefficient (Wildman–Crippen LogP) is 3.97. The maximum Gasteiger partial charge on any atom is 0.256 e. The van der Waals surface area contributed by atoms with Gasteiger partial charge in [-0.1, -0.05) is 42.5 Å². The van der Waals surface area contributed by atoms with Crippen LogP contribution in [-0.2, 0) is 17.7 Å². The molecule has 28 heavy (non-hydrogen) atoms. The summed E-state index contributed by atoms with van der Waals surface area (Å²) >= 11 is 0. The lowest BCUT2D eigenvalue weighted by atomic mass is 9.90. The minimum Gasteiger partial charge on any atom is -0.378 e. The van der Waals surface area contributed by atoms with Gasteiger partial charge in [0.05, 0.1) is 13.2 Å². The Labute approximate surface area is 164 Å². The van der Waals surface area contributed by atoms with Crippen LogP contribution in [0.5, 0.6) is 0 Å². The van der Waals surface area contributed by atoms with Crippen LogP contribution in [0.15, 0.2) is 54.6 Å². The fraction of sp³-hybridized carbons (Fsp3) is 0.292. The Morgan fingerprint density at radius 2 is 1.75 bits per heavy atom.